The van der Waals surface area contributed by atoms with E-state index in [2.05, 4.69) is 11.9 Å². The number of pyridine rings is 1. The number of unbranched alkanes of at least 4 members (excludes halogenated alkanes) is 1. The number of aromatic nitrogens is 1. The molecule has 1 atom stereocenters. The molecule has 1 N–H and O–H groups in total. The van der Waals surface area contributed by atoms with Crippen LogP contribution in [0.2, 0.25) is 0 Å². The molecule has 1 aliphatic heterocycles. The summed E-state index contributed by atoms with van der Waals surface area (Å²) in [6, 6.07) is 13.8. The van der Waals surface area contributed by atoms with Gasteiger partial charge in [-0.15, -0.1) is 11.3 Å². The van der Waals surface area contributed by atoms with Crippen molar-refractivity contribution in [3.05, 3.63) is 93.6 Å². The molecular formula is C25H24N2O4S. The first-order valence-corrected chi connectivity index (χ1v) is 11.4. The Balaban J connectivity index is 1.74. The van der Waals surface area contributed by atoms with Crippen molar-refractivity contribution >= 4 is 23.0 Å². The second kappa shape index (κ2) is 9.78. The minimum Gasteiger partial charge on any atom is -0.503 e. The van der Waals surface area contributed by atoms with Crippen LogP contribution in [0.5, 0.6) is 5.75 Å². The molecule has 0 radical (unpaired) electrons. The lowest BCUT2D eigenvalue weighted by Crippen LogP contribution is -2.30. The van der Waals surface area contributed by atoms with E-state index in [-0.39, 0.29) is 17.9 Å². The highest BCUT2D eigenvalue weighted by molar-refractivity contribution is 7.12. The summed E-state index contributed by atoms with van der Waals surface area (Å²) in [7, 11) is 0. The molecule has 1 unspecified atom stereocenters. The number of ketones is 1. The number of amides is 1. The molecule has 1 aliphatic rings. The van der Waals surface area contributed by atoms with Gasteiger partial charge in [-0.1, -0.05) is 31.5 Å². The molecule has 0 spiro atoms. The first kappa shape index (κ1) is 21.8. The Morgan fingerprint density at radius 1 is 1.19 bits per heavy atom. The van der Waals surface area contributed by atoms with E-state index in [1.54, 1.807) is 29.9 Å². The fourth-order valence-corrected chi connectivity index (χ4v) is 4.41. The molecule has 164 valence electrons. The van der Waals surface area contributed by atoms with Crippen molar-refractivity contribution in [2.45, 2.75) is 32.4 Å². The number of hydrogen-bond acceptors (Lipinski definition) is 6. The number of carbonyl (C=O) groups is 2. The third-order valence-corrected chi connectivity index (χ3v) is 6.20. The number of aliphatic hydroxyl groups excluding tert-OH is 1. The van der Waals surface area contributed by atoms with Gasteiger partial charge in [-0.3, -0.25) is 14.6 Å². The third kappa shape index (κ3) is 4.43. The number of aliphatic hydroxyl groups is 1. The summed E-state index contributed by atoms with van der Waals surface area (Å²) in [5.74, 6) is -0.740. The van der Waals surface area contributed by atoms with E-state index >= 15 is 0 Å². The van der Waals surface area contributed by atoms with Gasteiger partial charge in [0.1, 0.15) is 5.75 Å². The van der Waals surface area contributed by atoms with Crippen molar-refractivity contribution in [2.24, 2.45) is 0 Å². The summed E-state index contributed by atoms with van der Waals surface area (Å²) >= 11 is 1.28. The Morgan fingerprint density at radius 3 is 2.72 bits per heavy atom. The molecule has 1 aromatic carbocycles. The van der Waals surface area contributed by atoms with Crippen LogP contribution in [0.3, 0.4) is 0 Å². The molecule has 0 fully saturated rings. The number of benzene rings is 1. The van der Waals surface area contributed by atoms with E-state index in [1.165, 1.54) is 16.2 Å². The molecule has 32 heavy (non-hydrogen) atoms. The molecule has 2 aromatic heterocycles. The largest absolute Gasteiger partial charge is 0.503 e. The highest BCUT2D eigenvalue weighted by Gasteiger charge is 2.44. The molecule has 0 aliphatic carbocycles. The summed E-state index contributed by atoms with van der Waals surface area (Å²) in [6.07, 6.45) is 5.26. The molecule has 7 heteroatoms. The van der Waals surface area contributed by atoms with Crippen LogP contribution >= 0.6 is 11.3 Å². The highest BCUT2D eigenvalue weighted by Crippen LogP contribution is 2.41. The zero-order valence-corrected chi connectivity index (χ0v) is 18.5. The van der Waals surface area contributed by atoms with Gasteiger partial charge in [0.2, 0.25) is 5.78 Å². The van der Waals surface area contributed by atoms with Crippen molar-refractivity contribution < 1.29 is 19.4 Å². The second-order valence-corrected chi connectivity index (χ2v) is 8.48. The van der Waals surface area contributed by atoms with Gasteiger partial charge in [-0.2, -0.15) is 0 Å². The predicted octanol–water partition coefficient (Wildman–Crippen LogP) is 5.10. The molecule has 4 rings (SSSR count). The van der Waals surface area contributed by atoms with Crippen LogP contribution in [-0.4, -0.2) is 33.3 Å². The smallest absolute Gasteiger partial charge is 0.290 e. The van der Waals surface area contributed by atoms with Gasteiger partial charge < -0.3 is 14.7 Å². The highest BCUT2D eigenvalue weighted by atomic mass is 32.1. The Hall–Kier alpha value is -3.45. The summed E-state index contributed by atoms with van der Waals surface area (Å²) < 4.78 is 5.85. The lowest BCUT2D eigenvalue weighted by molar-refractivity contribution is -0.130. The van der Waals surface area contributed by atoms with Crippen LogP contribution < -0.4 is 4.74 Å². The van der Waals surface area contributed by atoms with E-state index in [1.807, 2.05) is 36.4 Å². The van der Waals surface area contributed by atoms with Crippen LogP contribution in [0.15, 0.2) is 77.6 Å². The summed E-state index contributed by atoms with van der Waals surface area (Å²) in [5, 5.41) is 12.6. The standard InChI is InChI=1S/C25H24N2O4S/c1-2-3-13-31-19-7-4-6-18(15-19)22-21(23(28)20-8-5-14-32-20)24(29)25(30)27(22)16-17-9-11-26-12-10-17/h4-12,14-15,22,29H,2-3,13,16H2,1H3. The van der Waals surface area contributed by atoms with Gasteiger partial charge in [-0.25, -0.2) is 0 Å². The van der Waals surface area contributed by atoms with Crippen molar-refractivity contribution in [1.82, 2.24) is 9.88 Å². The Kier molecular flexibility index (Phi) is 6.66. The first-order valence-electron chi connectivity index (χ1n) is 10.5. The quantitative estimate of drug-likeness (QED) is 0.364. The van der Waals surface area contributed by atoms with E-state index in [9.17, 15) is 14.7 Å². The molecule has 6 nitrogen and oxygen atoms in total. The van der Waals surface area contributed by atoms with Crippen LogP contribution in [-0.2, 0) is 11.3 Å². The zero-order chi connectivity index (χ0) is 22.5. The average molecular weight is 449 g/mol. The fraction of sp³-hybridized carbons (Fsp3) is 0.240. The van der Waals surface area contributed by atoms with Crippen LogP contribution in [0.25, 0.3) is 0 Å². The fourth-order valence-electron chi connectivity index (χ4n) is 3.73. The number of rotatable bonds is 9. The van der Waals surface area contributed by atoms with E-state index in [0.29, 0.717) is 22.8 Å². The van der Waals surface area contributed by atoms with Gasteiger partial charge in [0, 0.05) is 18.9 Å². The Labute approximate surface area is 190 Å². The maximum absolute atomic E-state index is 13.3. The van der Waals surface area contributed by atoms with Gasteiger partial charge >= 0.3 is 0 Å². The van der Waals surface area contributed by atoms with Crippen molar-refractivity contribution in [3.8, 4) is 5.75 Å². The van der Waals surface area contributed by atoms with E-state index in [4.69, 9.17) is 4.74 Å². The van der Waals surface area contributed by atoms with Gasteiger partial charge in [0.05, 0.1) is 23.1 Å². The van der Waals surface area contributed by atoms with E-state index in [0.717, 1.165) is 18.4 Å². The van der Waals surface area contributed by atoms with Crippen molar-refractivity contribution in [1.29, 1.82) is 0 Å². The number of nitrogens with zero attached hydrogens (tertiary/aromatic N) is 2. The van der Waals surface area contributed by atoms with Crippen molar-refractivity contribution in [2.75, 3.05) is 6.61 Å². The van der Waals surface area contributed by atoms with Gasteiger partial charge in [0.25, 0.3) is 5.91 Å². The topological polar surface area (TPSA) is 79.7 Å². The average Bonchev–Trinajstić information content (AvgIpc) is 3.43. The Bertz CT molecular complexity index is 1130. The lowest BCUT2D eigenvalue weighted by Gasteiger charge is -2.27. The summed E-state index contributed by atoms with van der Waals surface area (Å²) in [5.41, 5.74) is 1.66. The number of ether oxygens (including phenoxy) is 1. The van der Waals surface area contributed by atoms with Crippen LogP contribution in [0, 0.1) is 0 Å². The summed E-state index contributed by atoms with van der Waals surface area (Å²) in [6.45, 7) is 2.92. The lowest BCUT2D eigenvalue weighted by atomic mass is 9.95. The minimum atomic E-state index is -0.722. The van der Waals surface area contributed by atoms with Gasteiger partial charge in [-0.05, 0) is 53.3 Å². The third-order valence-electron chi connectivity index (χ3n) is 5.34. The molecule has 3 aromatic rings. The first-order chi connectivity index (χ1) is 15.6. The number of Topliss-reactive ketones (excluding diaryl/α,β-unsaturated/α-hetero) is 1. The predicted molar refractivity (Wildman–Crippen MR) is 123 cm³/mol. The number of carbonyl (C=O) groups excluding carboxylic acids is 2. The van der Waals surface area contributed by atoms with Crippen LogP contribution in [0.4, 0.5) is 0 Å². The maximum Gasteiger partial charge on any atom is 0.290 e. The molecule has 0 bridgehead atoms. The maximum atomic E-state index is 13.3. The minimum absolute atomic E-state index is 0.0946. The molecule has 0 saturated carbocycles. The monoisotopic (exact) mass is 448 g/mol. The zero-order valence-electron chi connectivity index (χ0n) is 17.7. The number of hydrogen-bond donors (Lipinski definition) is 1. The van der Waals surface area contributed by atoms with Gasteiger partial charge in [0.15, 0.2) is 5.76 Å². The molecule has 0 saturated heterocycles. The van der Waals surface area contributed by atoms with Crippen molar-refractivity contribution in [3.63, 3.8) is 0 Å². The van der Waals surface area contributed by atoms with E-state index < -0.39 is 17.7 Å². The SMILES string of the molecule is CCCCOc1cccc(C2C(C(=O)c3cccs3)=C(O)C(=O)N2Cc2ccncc2)c1. The molecular weight excluding hydrogens is 424 g/mol. The van der Waals surface area contributed by atoms with Crippen LogP contribution in [0.1, 0.15) is 46.6 Å². The summed E-state index contributed by atoms with van der Waals surface area (Å²) in [4.78, 5) is 32.4. The Morgan fingerprint density at radius 2 is 2.00 bits per heavy atom. The normalized spacial score (nSPS) is 16.0. The molecule has 3 heterocycles. The number of thiophene rings is 1. The molecule has 1 amide bonds. The second-order valence-electron chi connectivity index (χ2n) is 7.53.